The summed E-state index contributed by atoms with van der Waals surface area (Å²) in [5, 5.41) is 2.77. The molecule has 42 heavy (non-hydrogen) atoms. The lowest BCUT2D eigenvalue weighted by Gasteiger charge is -2.36. The molecule has 3 aliphatic rings. The molecule has 0 aliphatic carbocycles. The van der Waals surface area contributed by atoms with E-state index in [2.05, 4.69) is 45.9 Å². The van der Waals surface area contributed by atoms with Crippen molar-refractivity contribution in [2.75, 3.05) is 31.1 Å². The molecule has 0 unspecified atom stereocenters. The number of piperazine rings is 1. The summed E-state index contributed by atoms with van der Waals surface area (Å²) >= 11 is 0. The number of nitrogens with one attached hydrogen (secondary N) is 1. The van der Waals surface area contributed by atoms with E-state index >= 15 is 0 Å². The van der Waals surface area contributed by atoms with Crippen molar-refractivity contribution in [2.24, 2.45) is 0 Å². The van der Waals surface area contributed by atoms with Crippen LogP contribution >= 0.6 is 0 Å². The molecule has 6 rings (SSSR count). The first-order chi connectivity index (χ1) is 20.4. The van der Waals surface area contributed by atoms with E-state index in [9.17, 15) is 14.0 Å². The summed E-state index contributed by atoms with van der Waals surface area (Å²) in [6, 6.07) is 18.0. The van der Waals surface area contributed by atoms with Gasteiger partial charge in [0, 0.05) is 49.5 Å². The summed E-state index contributed by atoms with van der Waals surface area (Å²) in [5.74, 6) is -0.0112. The molecule has 0 spiro atoms. The summed E-state index contributed by atoms with van der Waals surface area (Å²) in [4.78, 5) is 35.0. The van der Waals surface area contributed by atoms with Gasteiger partial charge < -0.3 is 19.9 Å². The molecule has 3 aromatic carbocycles. The molecule has 0 radical (unpaired) electrons. The van der Waals surface area contributed by atoms with Crippen LogP contribution < -0.4 is 15.0 Å². The van der Waals surface area contributed by atoms with Crippen LogP contribution in [0.25, 0.3) is 4.85 Å². The maximum Gasteiger partial charge on any atom is 0.255 e. The van der Waals surface area contributed by atoms with Gasteiger partial charge in [-0.2, -0.15) is 0 Å². The SMILES string of the molecule is [C-]#[N+]c1ccc(N2CCN(Cc3ccc(COc4cccc5c4CN([C@H]4CCC(=C)NC4=O)C5=O)cc3)CC2)c(F)c1. The number of rotatable bonds is 7. The van der Waals surface area contributed by atoms with E-state index in [-0.39, 0.29) is 17.6 Å². The molecular formula is C33H32FN5O3. The Morgan fingerprint density at radius 3 is 2.50 bits per heavy atom. The smallest absolute Gasteiger partial charge is 0.255 e. The van der Waals surface area contributed by atoms with Crippen molar-refractivity contribution < 1.29 is 18.7 Å². The summed E-state index contributed by atoms with van der Waals surface area (Å²) < 4.78 is 20.6. The lowest BCUT2D eigenvalue weighted by molar-refractivity contribution is -0.126. The molecule has 1 atom stereocenters. The fraction of sp³-hybridized carbons (Fsp3) is 0.303. The van der Waals surface area contributed by atoms with Crippen molar-refractivity contribution >= 4 is 23.2 Å². The van der Waals surface area contributed by atoms with Gasteiger partial charge in [0.05, 0.1) is 18.8 Å². The molecule has 8 nitrogen and oxygen atoms in total. The first-order valence-corrected chi connectivity index (χ1v) is 14.2. The number of amides is 2. The van der Waals surface area contributed by atoms with Gasteiger partial charge in [0.1, 0.15) is 24.2 Å². The number of anilines is 1. The largest absolute Gasteiger partial charge is 0.489 e. The van der Waals surface area contributed by atoms with E-state index in [1.54, 1.807) is 23.1 Å². The Hall–Kier alpha value is -4.68. The van der Waals surface area contributed by atoms with E-state index in [0.29, 0.717) is 54.4 Å². The second-order valence-electron chi connectivity index (χ2n) is 11.0. The van der Waals surface area contributed by atoms with E-state index in [1.807, 2.05) is 17.0 Å². The fourth-order valence-electron chi connectivity index (χ4n) is 5.90. The summed E-state index contributed by atoms with van der Waals surface area (Å²) in [7, 11) is 0. The molecule has 2 fully saturated rings. The average molecular weight is 566 g/mol. The second-order valence-corrected chi connectivity index (χ2v) is 11.0. The van der Waals surface area contributed by atoms with Gasteiger partial charge in [-0.25, -0.2) is 9.24 Å². The molecule has 0 saturated carbocycles. The molecular weight excluding hydrogens is 533 g/mol. The lowest BCUT2D eigenvalue weighted by atomic mass is 10.0. The van der Waals surface area contributed by atoms with Crippen molar-refractivity contribution in [2.45, 2.75) is 38.6 Å². The Balaban J connectivity index is 1.02. The van der Waals surface area contributed by atoms with Crippen LogP contribution in [0, 0.1) is 12.4 Å². The van der Waals surface area contributed by atoms with Crippen molar-refractivity contribution in [3.05, 3.63) is 112 Å². The number of ether oxygens (including phenoxy) is 1. The molecule has 214 valence electrons. The van der Waals surface area contributed by atoms with Gasteiger partial charge in [-0.05, 0) is 48.2 Å². The number of halogens is 1. The first kappa shape index (κ1) is 27.5. The number of carbonyl (C=O) groups is 2. The Bertz CT molecular complexity index is 1570. The first-order valence-electron chi connectivity index (χ1n) is 14.2. The number of hydrogen-bond acceptors (Lipinski definition) is 5. The molecule has 9 heteroatoms. The quantitative estimate of drug-likeness (QED) is 0.408. The van der Waals surface area contributed by atoms with E-state index in [1.165, 1.54) is 11.6 Å². The summed E-state index contributed by atoms with van der Waals surface area (Å²) in [6.45, 7) is 15.5. The van der Waals surface area contributed by atoms with Gasteiger partial charge >= 0.3 is 0 Å². The molecule has 0 aromatic heterocycles. The van der Waals surface area contributed by atoms with Crippen molar-refractivity contribution in [3.8, 4) is 5.75 Å². The molecule has 1 N–H and O–H groups in total. The zero-order valence-electron chi connectivity index (χ0n) is 23.3. The van der Waals surface area contributed by atoms with E-state index < -0.39 is 6.04 Å². The standard InChI is InChI=1S/C33H32FN5O3/c1-22-6-12-30(32(40)36-22)39-20-27-26(33(39)41)4-3-5-31(27)42-21-24-9-7-23(8-10-24)19-37-14-16-38(17-15-37)29-13-11-25(35-2)18-28(29)34/h3-5,7-11,13,18,30H,1,6,12,14-17,19-21H2,(H,36,40)/t30-/m0/s1. The molecule has 3 heterocycles. The number of benzene rings is 3. The van der Waals surface area contributed by atoms with E-state index in [4.69, 9.17) is 11.3 Å². The topological polar surface area (TPSA) is 69.5 Å². The zero-order valence-corrected chi connectivity index (χ0v) is 23.3. The third kappa shape index (κ3) is 5.58. The predicted octanol–water partition coefficient (Wildman–Crippen LogP) is 5.03. The second kappa shape index (κ2) is 11.7. The van der Waals surface area contributed by atoms with E-state index in [0.717, 1.165) is 43.9 Å². The monoisotopic (exact) mass is 565 g/mol. The lowest BCUT2D eigenvalue weighted by Crippen LogP contribution is -2.49. The summed E-state index contributed by atoms with van der Waals surface area (Å²) in [6.07, 6.45) is 1.23. The highest BCUT2D eigenvalue weighted by atomic mass is 19.1. The highest BCUT2D eigenvalue weighted by Gasteiger charge is 2.39. The third-order valence-electron chi connectivity index (χ3n) is 8.25. The van der Waals surface area contributed by atoms with Crippen molar-refractivity contribution in [3.63, 3.8) is 0 Å². The van der Waals surface area contributed by atoms with Gasteiger partial charge in [0.25, 0.3) is 5.91 Å². The van der Waals surface area contributed by atoms with Crippen LogP contribution in [0.2, 0.25) is 0 Å². The molecule has 2 saturated heterocycles. The Morgan fingerprint density at radius 1 is 1.02 bits per heavy atom. The number of carbonyl (C=O) groups excluding carboxylic acids is 2. The van der Waals surface area contributed by atoms with Crippen LogP contribution in [0.5, 0.6) is 5.75 Å². The number of hydrogen-bond donors (Lipinski definition) is 1. The zero-order chi connectivity index (χ0) is 29.2. The minimum Gasteiger partial charge on any atom is -0.489 e. The van der Waals surface area contributed by atoms with Gasteiger partial charge in [-0.3, -0.25) is 14.5 Å². The minimum absolute atomic E-state index is 0.142. The number of allylic oxidation sites excluding steroid dienone is 1. The molecule has 0 bridgehead atoms. The van der Waals surface area contributed by atoms with Gasteiger partial charge in [-0.15, -0.1) is 0 Å². The summed E-state index contributed by atoms with van der Waals surface area (Å²) in [5.41, 5.74) is 5.17. The maximum absolute atomic E-state index is 14.4. The van der Waals surface area contributed by atoms with Crippen LogP contribution in [0.4, 0.5) is 15.8 Å². The van der Waals surface area contributed by atoms with Crippen LogP contribution in [0.15, 0.2) is 72.9 Å². The Kier molecular flexibility index (Phi) is 7.64. The molecule has 2 amide bonds. The Labute approximate surface area is 244 Å². The van der Waals surface area contributed by atoms with Crippen LogP contribution in [0.3, 0.4) is 0 Å². The van der Waals surface area contributed by atoms with Crippen LogP contribution in [0.1, 0.15) is 39.9 Å². The van der Waals surface area contributed by atoms with Crippen molar-refractivity contribution in [1.29, 1.82) is 0 Å². The number of fused-ring (bicyclic) bond motifs is 1. The number of nitrogens with zero attached hydrogens (tertiary/aromatic N) is 4. The average Bonchev–Trinajstić information content (AvgIpc) is 3.33. The minimum atomic E-state index is -0.503. The van der Waals surface area contributed by atoms with Gasteiger partial charge in [0.2, 0.25) is 5.91 Å². The Morgan fingerprint density at radius 2 is 1.79 bits per heavy atom. The fourth-order valence-corrected chi connectivity index (χ4v) is 5.90. The highest BCUT2D eigenvalue weighted by molar-refractivity contribution is 6.02. The van der Waals surface area contributed by atoms with Crippen molar-refractivity contribution in [1.82, 2.24) is 15.1 Å². The maximum atomic E-state index is 14.4. The van der Waals surface area contributed by atoms with Gasteiger partial charge in [-0.1, -0.05) is 43.0 Å². The molecule has 3 aromatic rings. The van der Waals surface area contributed by atoms with Crippen LogP contribution in [-0.4, -0.2) is 53.8 Å². The molecule has 3 aliphatic heterocycles. The highest BCUT2D eigenvalue weighted by Crippen LogP contribution is 2.34. The predicted molar refractivity (Wildman–Crippen MR) is 158 cm³/mol. The normalized spacial score (nSPS) is 19.0. The third-order valence-corrected chi connectivity index (χ3v) is 8.25. The number of piperidine rings is 1. The van der Waals surface area contributed by atoms with Gasteiger partial charge in [0.15, 0.2) is 5.69 Å². The van der Waals surface area contributed by atoms with Crippen LogP contribution in [-0.2, 0) is 24.5 Å².